The molecule has 0 saturated carbocycles. The molecule has 0 aliphatic carbocycles. The van der Waals surface area contributed by atoms with Crippen molar-refractivity contribution in [1.29, 1.82) is 0 Å². The third-order valence-electron chi connectivity index (χ3n) is 4.96. The van der Waals surface area contributed by atoms with Crippen LogP contribution in [0.1, 0.15) is 85.5 Å². The Morgan fingerprint density at radius 3 is 1.90 bits per heavy atom. The number of methoxy groups -OCH3 is 2. The van der Waals surface area contributed by atoms with Crippen LogP contribution in [0.5, 0.6) is 0 Å². The fourth-order valence-corrected chi connectivity index (χ4v) is 3.13. The largest absolute Gasteiger partial charge is 0.353 e. The summed E-state index contributed by atoms with van der Waals surface area (Å²) < 4.78 is 11.5. The molecule has 126 valence electrons. The number of unbranched alkanes of at least 4 members (excludes halogenated alkanes) is 5. The summed E-state index contributed by atoms with van der Waals surface area (Å²) in [5, 5.41) is 0. The Bertz CT molecular complexity index is 269. The highest BCUT2D eigenvalue weighted by Gasteiger charge is 2.45. The monoisotopic (exact) mass is 298 g/mol. The molecule has 0 radical (unpaired) electrons. The van der Waals surface area contributed by atoms with Gasteiger partial charge in [-0.3, -0.25) is 0 Å². The van der Waals surface area contributed by atoms with E-state index in [0.29, 0.717) is 0 Å². The normalized spacial score (nSPS) is 15.5. The average Bonchev–Trinajstić information content (AvgIpc) is 2.53. The van der Waals surface area contributed by atoms with Gasteiger partial charge in [-0.1, -0.05) is 71.4 Å². The van der Waals surface area contributed by atoms with Crippen molar-refractivity contribution in [2.75, 3.05) is 14.2 Å². The first kappa shape index (κ1) is 20.7. The molecule has 1 atom stereocenters. The Labute approximate surface area is 133 Å². The van der Waals surface area contributed by atoms with E-state index >= 15 is 0 Å². The maximum absolute atomic E-state index is 5.76. The summed E-state index contributed by atoms with van der Waals surface area (Å²) in [7, 11) is 3.52. The molecule has 0 N–H and O–H groups in total. The van der Waals surface area contributed by atoms with Crippen molar-refractivity contribution in [3.63, 3.8) is 0 Å². The molecule has 0 aromatic rings. The molecule has 0 aromatic heterocycles. The Morgan fingerprint density at radius 2 is 1.43 bits per heavy atom. The van der Waals surface area contributed by atoms with Crippen molar-refractivity contribution in [2.45, 2.75) is 91.3 Å². The molecule has 2 nitrogen and oxygen atoms in total. The van der Waals surface area contributed by atoms with Crippen LogP contribution in [0.4, 0.5) is 0 Å². The second-order valence-corrected chi connectivity index (χ2v) is 6.19. The van der Waals surface area contributed by atoms with Crippen LogP contribution < -0.4 is 0 Å². The van der Waals surface area contributed by atoms with E-state index in [2.05, 4.69) is 39.8 Å². The molecule has 0 aliphatic rings. The van der Waals surface area contributed by atoms with Gasteiger partial charge in [-0.15, -0.1) is 0 Å². The summed E-state index contributed by atoms with van der Waals surface area (Å²) in [4.78, 5) is 0. The zero-order valence-corrected chi connectivity index (χ0v) is 15.3. The standard InChI is InChI=1S/C19H38O2/c1-7-10-12-13-14-15-17-19(9-3,16-11-8-2)18(4,20-5)21-6/h11,16H,7-10,12-15,17H2,1-6H3. The molecule has 0 aromatic carbocycles. The van der Waals surface area contributed by atoms with E-state index in [0.717, 1.165) is 19.3 Å². The average molecular weight is 299 g/mol. The minimum absolute atomic E-state index is 0.0305. The lowest BCUT2D eigenvalue weighted by Crippen LogP contribution is -2.47. The number of rotatable bonds is 13. The third-order valence-corrected chi connectivity index (χ3v) is 4.96. The van der Waals surface area contributed by atoms with Crippen molar-refractivity contribution >= 4 is 0 Å². The fraction of sp³-hybridized carbons (Fsp3) is 0.895. The van der Waals surface area contributed by atoms with Crippen LogP contribution in [0.3, 0.4) is 0 Å². The summed E-state index contributed by atoms with van der Waals surface area (Å²) in [6.45, 7) is 8.76. The molecule has 0 aliphatic heterocycles. The molecule has 2 heteroatoms. The maximum atomic E-state index is 5.76. The van der Waals surface area contributed by atoms with E-state index in [1.54, 1.807) is 14.2 Å². The third kappa shape index (κ3) is 6.12. The molecule has 21 heavy (non-hydrogen) atoms. The minimum atomic E-state index is -0.545. The van der Waals surface area contributed by atoms with Crippen molar-refractivity contribution in [3.05, 3.63) is 12.2 Å². The van der Waals surface area contributed by atoms with Gasteiger partial charge in [0.2, 0.25) is 0 Å². The van der Waals surface area contributed by atoms with Crippen LogP contribution in [0.2, 0.25) is 0 Å². The molecule has 1 unspecified atom stereocenters. The summed E-state index contributed by atoms with van der Waals surface area (Å²) in [6.07, 6.45) is 15.8. The SMILES string of the molecule is CCC=CC(CC)(CCCCCCCC)C(C)(OC)OC. The Morgan fingerprint density at radius 1 is 0.857 bits per heavy atom. The van der Waals surface area contributed by atoms with Gasteiger partial charge in [0.25, 0.3) is 0 Å². The first-order valence-electron chi connectivity index (χ1n) is 8.83. The van der Waals surface area contributed by atoms with E-state index in [4.69, 9.17) is 9.47 Å². The zero-order chi connectivity index (χ0) is 16.2. The molecular weight excluding hydrogens is 260 g/mol. The molecule has 0 spiro atoms. The van der Waals surface area contributed by atoms with E-state index in [1.165, 1.54) is 38.5 Å². The van der Waals surface area contributed by atoms with Gasteiger partial charge in [0.05, 0.1) is 0 Å². The van der Waals surface area contributed by atoms with Gasteiger partial charge in [0, 0.05) is 19.6 Å². The molecule has 0 bridgehead atoms. The highest BCUT2D eigenvalue weighted by atomic mass is 16.7. The van der Waals surface area contributed by atoms with Crippen LogP contribution >= 0.6 is 0 Å². The number of allylic oxidation sites excluding steroid dienone is 1. The predicted octanol–water partition coefficient (Wildman–Crippen LogP) is 6.11. The quantitative estimate of drug-likeness (QED) is 0.232. The lowest BCUT2D eigenvalue weighted by Gasteiger charge is -2.45. The topological polar surface area (TPSA) is 18.5 Å². The van der Waals surface area contributed by atoms with E-state index in [9.17, 15) is 0 Å². The van der Waals surface area contributed by atoms with Gasteiger partial charge >= 0.3 is 0 Å². The zero-order valence-electron chi connectivity index (χ0n) is 15.3. The van der Waals surface area contributed by atoms with Crippen LogP contribution in [0.15, 0.2) is 12.2 Å². The second kappa shape index (κ2) is 11.3. The molecule has 0 fully saturated rings. The van der Waals surface area contributed by atoms with Crippen molar-refractivity contribution < 1.29 is 9.47 Å². The van der Waals surface area contributed by atoms with Crippen LogP contribution in [-0.4, -0.2) is 20.0 Å². The van der Waals surface area contributed by atoms with Gasteiger partial charge in [-0.25, -0.2) is 0 Å². The summed E-state index contributed by atoms with van der Waals surface area (Å²) in [5.74, 6) is -0.545. The Balaban J connectivity index is 4.76. The summed E-state index contributed by atoms with van der Waals surface area (Å²) in [6, 6.07) is 0. The van der Waals surface area contributed by atoms with Gasteiger partial charge in [0.15, 0.2) is 5.79 Å². The van der Waals surface area contributed by atoms with Gasteiger partial charge in [-0.05, 0) is 26.2 Å². The van der Waals surface area contributed by atoms with Crippen LogP contribution in [-0.2, 0) is 9.47 Å². The van der Waals surface area contributed by atoms with Crippen molar-refractivity contribution in [1.82, 2.24) is 0 Å². The lowest BCUT2D eigenvalue weighted by atomic mass is 9.72. The van der Waals surface area contributed by atoms with Gasteiger partial charge in [0.1, 0.15) is 0 Å². The first-order chi connectivity index (χ1) is 10.1. The predicted molar refractivity (Wildman–Crippen MR) is 92.6 cm³/mol. The Hall–Kier alpha value is -0.340. The van der Waals surface area contributed by atoms with Crippen molar-refractivity contribution in [3.8, 4) is 0 Å². The molecule has 0 rings (SSSR count). The summed E-state index contributed by atoms with van der Waals surface area (Å²) >= 11 is 0. The van der Waals surface area contributed by atoms with Crippen LogP contribution in [0.25, 0.3) is 0 Å². The van der Waals surface area contributed by atoms with E-state index < -0.39 is 5.79 Å². The number of hydrogen-bond acceptors (Lipinski definition) is 2. The molecule has 0 saturated heterocycles. The fourth-order valence-electron chi connectivity index (χ4n) is 3.13. The lowest BCUT2D eigenvalue weighted by molar-refractivity contribution is -0.254. The highest BCUT2D eigenvalue weighted by Crippen LogP contribution is 2.44. The molecule has 0 amide bonds. The van der Waals surface area contributed by atoms with Gasteiger partial charge < -0.3 is 9.47 Å². The van der Waals surface area contributed by atoms with Crippen molar-refractivity contribution in [2.24, 2.45) is 5.41 Å². The Kier molecular flexibility index (Phi) is 11.1. The van der Waals surface area contributed by atoms with Gasteiger partial charge in [-0.2, -0.15) is 0 Å². The highest BCUT2D eigenvalue weighted by molar-refractivity contribution is 5.06. The molecule has 0 heterocycles. The second-order valence-electron chi connectivity index (χ2n) is 6.19. The van der Waals surface area contributed by atoms with Crippen LogP contribution in [0, 0.1) is 5.41 Å². The first-order valence-corrected chi connectivity index (χ1v) is 8.83. The minimum Gasteiger partial charge on any atom is -0.353 e. The number of ether oxygens (including phenoxy) is 2. The smallest absolute Gasteiger partial charge is 0.173 e. The van der Waals surface area contributed by atoms with E-state index in [1.807, 2.05) is 0 Å². The van der Waals surface area contributed by atoms with E-state index in [-0.39, 0.29) is 5.41 Å². The summed E-state index contributed by atoms with van der Waals surface area (Å²) in [5.41, 5.74) is -0.0305. The maximum Gasteiger partial charge on any atom is 0.173 e. The molecular formula is C19H38O2. The number of hydrogen-bond donors (Lipinski definition) is 0.